The lowest BCUT2D eigenvalue weighted by Crippen LogP contribution is -2.04. The van der Waals surface area contributed by atoms with Crippen molar-refractivity contribution in [2.75, 3.05) is 6.26 Å². The second kappa shape index (κ2) is 6.31. The summed E-state index contributed by atoms with van der Waals surface area (Å²) in [6, 6.07) is 0. The summed E-state index contributed by atoms with van der Waals surface area (Å²) in [6.07, 6.45) is 4.05. The van der Waals surface area contributed by atoms with Crippen molar-refractivity contribution in [3.63, 3.8) is 0 Å². The van der Waals surface area contributed by atoms with E-state index in [1.54, 1.807) is 0 Å². The molecule has 7 heteroatoms. The molecule has 21 heavy (non-hydrogen) atoms. The number of nitrogens with zero attached hydrogens (tertiary/aromatic N) is 1. The molecule has 0 aromatic carbocycles. The van der Waals surface area contributed by atoms with Gasteiger partial charge in [0, 0.05) is 18.6 Å². The summed E-state index contributed by atoms with van der Waals surface area (Å²) >= 11 is 0. The molecule has 1 heterocycles. The van der Waals surface area contributed by atoms with Crippen molar-refractivity contribution in [3.8, 4) is 11.8 Å². The second-order valence-corrected chi connectivity index (χ2v) is 7.13. The monoisotopic (exact) mass is 311 g/mol. The predicted molar refractivity (Wildman–Crippen MR) is 74.4 cm³/mol. The molecule has 0 bridgehead atoms. The molecule has 0 unspecified atom stereocenters. The Kier molecular flexibility index (Phi) is 4.68. The Bertz CT molecular complexity index is 689. The van der Waals surface area contributed by atoms with Crippen molar-refractivity contribution in [2.45, 2.75) is 43.4 Å². The Morgan fingerprint density at radius 2 is 2.19 bits per heavy atom. The van der Waals surface area contributed by atoms with Crippen molar-refractivity contribution in [2.24, 2.45) is 5.92 Å². The van der Waals surface area contributed by atoms with Gasteiger partial charge in [-0.05, 0) is 25.7 Å². The fourth-order valence-corrected chi connectivity index (χ4v) is 3.05. The van der Waals surface area contributed by atoms with E-state index in [4.69, 9.17) is 9.63 Å². The molecule has 6 nitrogen and oxygen atoms in total. The molecule has 1 aliphatic rings. The quantitative estimate of drug-likeness (QED) is 0.798. The molecule has 1 N–H and O–H groups in total. The number of carbonyl (C=O) groups is 1. The van der Waals surface area contributed by atoms with E-state index in [-0.39, 0.29) is 29.9 Å². The smallest absolute Gasteiger partial charge is 0.303 e. The van der Waals surface area contributed by atoms with Gasteiger partial charge in [0.15, 0.2) is 15.6 Å². The third kappa shape index (κ3) is 4.60. The maximum absolute atomic E-state index is 11.9. The standard InChI is InChI=1S/C14H17NO5S/c1-21(18,19)14-11(5-3-7-13(16)17)15-20-12(14)6-2-4-10-8-9-10/h10H,3,5-9H2,1H3,(H,16,17). The topological polar surface area (TPSA) is 97.5 Å². The Balaban J connectivity index is 2.15. The Morgan fingerprint density at radius 3 is 2.76 bits per heavy atom. The Hall–Kier alpha value is -1.81. The van der Waals surface area contributed by atoms with Crippen molar-refractivity contribution in [1.82, 2.24) is 5.16 Å². The van der Waals surface area contributed by atoms with Gasteiger partial charge in [-0.15, -0.1) is 0 Å². The maximum Gasteiger partial charge on any atom is 0.303 e. The van der Waals surface area contributed by atoms with Crippen LogP contribution in [0.5, 0.6) is 0 Å². The molecule has 0 spiro atoms. The Labute approximate surface area is 123 Å². The first-order valence-electron chi connectivity index (χ1n) is 6.75. The minimum Gasteiger partial charge on any atom is -0.481 e. The van der Waals surface area contributed by atoms with Gasteiger partial charge >= 0.3 is 5.97 Å². The van der Waals surface area contributed by atoms with Gasteiger partial charge in [-0.3, -0.25) is 4.79 Å². The van der Waals surface area contributed by atoms with Crippen LogP contribution in [-0.2, 0) is 27.5 Å². The zero-order valence-electron chi connectivity index (χ0n) is 11.8. The number of aromatic nitrogens is 1. The number of hydrogen-bond acceptors (Lipinski definition) is 5. The van der Waals surface area contributed by atoms with Gasteiger partial charge in [0.1, 0.15) is 10.6 Å². The second-order valence-electron chi connectivity index (χ2n) is 5.17. The average molecular weight is 311 g/mol. The van der Waals surface area contributed by atoms with Gasteiger partial charge in [-0.2, -0.15) is 0 Å². The van der Waals surface area contributed by atoms with Crippen LogP contribution in [-0.4, -0.2) is 30.9 Å². The van der Waals surface area contributed by atoms with Gasteiger partial charge in [-0.1, -0.05) is 17.0 Å². The van der Waals surface area contributed by atoms with Crippen LogP contribution in [0.15, 0.2) is 9.42 Å². The van der Waals surface area contributed by atoms with Gasteiger partial charge < -0.3 is 9.63 Å². The first-order valence-corrected chi connectivity index (χ1v) is 8.64. The molecule has 0 atom stereocenters. The number of carboxylic acid groups (broad SMARTS) is 1. The van der Waals surface area contributed by atoms with E-state index in [1.807, 2.05) is 0 Å². The normalized spacial score (nSPS) is 14.5. The SMILES string of the molecule is CS(=O)(=O)c1c(CCCC(=O)O)noc1CC#CC1CC1. The summed E-state index contributed by atoms with van der Waals surface area (Å²) in [4.78, 5) is 10.6. The van der Waals surface area contributed by atoms with Crippen LogP contribution in [0.1, 0.15) is 37.1 Å². The Morgan fingerprint density at radius 1 is 1.48 bits per heavy atom. The lowest BCUT2D eigenvalue weighted by Gasteiger charge is -1.99. The molecule has 0 amide bonds. The predicted octanol–water partition coefficient (Wildman–Crippen LogP) is 1.44. The lowest BCUT2D eigenvalue weighted by molar-refractivity contribution is -0.137. The van der Waals surface area contributed by atoms with Crippen LogP contribution >= 0.6 is 0 Å². The molecule has 0 aliphatic heterocycles. The average Bonchev–Trinajstić information content (AvgIpc) is 3.08. The molecular formula is C14H17NO5S. The van der Waals surface area contributed by atoms with E-state index >= 15 is 0 Å². The highest BCUT2D eigenvalue weighted by Gasteiger charge is 2.24. The maximum atomic E-state index is 11.9. The number of aryl methyl sites for hydroxylation is 1. The van der Waals surface area contributed by atoms with E-state index in [2.05, 4.69) is 17.0 Å². The van der Waals surface area contributed by atoms with E-state index < -0.39 is 15.8 Å². The van der Waals surface area contributed by atoms with E-state index in [0.29, 0.717) is 18.0 Å². The van der Waals surface area contributed by atoms with E-state index in [1.165, 1.54) is 0 Å². The minimum atomic E-state index is -3.48. The third-order valence-electron chi connectivity index (χ3n) is 3.09. The third-order valence-corrected chi connectivity index (χ3v) is 4.29. The minimum absolute atomic E-state index is 0.0348. The first kappa shape index (κ1) is 15.6. The summed E-state index contributed by atoms with van der Waals surface area (Å²) in [5.41, 5.74) is 0.293. The molecular weight excluding hydrogens is 294 g/mol. The summed E-state index contributed by atoms with van der Waals surface area (Å²) in [5.74, 6) is 5.72. The highest BCUT2D eigenvalue weighted by atomic mass is 32.2. The summed E-state index contributed by atoms with van der Waals surface area (Å²) < 4.78 is 28.9. The van der Waals surface area contributed by atoms with Crippen molar-refractivity contribution >= 4 is 15.8 Å². The van der Waals surface area contributed by atoms with Gasteiger partial charge in [0.05, 0.1) is 6.42 Å². The van der Waals surface area contributed by atoms with Crippen molar-refractivity contribution < 1.29 is 22.8 Å². The molecule has 0 saturated heterocycles. The highest BCUT2D eigenvalue weighted by molar-refractivity contribution is 7.90. The summed E-state index contributed by atoms with van der Waals surface area (Å²) in [6.45, 7) is 0. The fourth-order valence-electron chi connectivity index (χ4n) is 1.96. The molecule has 1 fully saturated rings. The van der Waals surface area contributed by atoms with Gasteiger partial charge in [0.2, 0.25) is 0 Å². The highest BCUT2D eigenvalue weighted by Crippen LogP contribution is 2.28. The van der Waals surface area contributed by atoms with Crippen LogP contribution in [0.2, 0.25) is 0 Å². The zero-order chi connectivity index (χ0) is 15.5. The number of sulfone groups is 1. The van der Waals surface area contributed by atoms with Crippen LogP contribution < -0.4 is 0 Å². The zero-order valence-corrected chi connectivity index (χ0v) is 12.6. The molecule has 1 saturated carbocycles. The van der Waals surface area contributed by atoms with Crippen LogP contribution in [0, 0.1) is 17.8 Å². The van der Waals surface area contributed by atoms with Crippen LogP contribution in [0.25, 0.3) is 0 Å². The number of aliphatic carboxylic acids is 1. The van der Waals surface area contributed by atoms with E-state index in [0.717, 1.165) is 19.1 Å². The summed E-state index contributed by atoms with van der Waals surface area (Å²) in [5, 5.41) is 12.4. The molecule has 1 aromatic rings. The molecule has 1 aliphatic carbocycles. The van der Waals surface area contributed by atoms with Crippen LogP contribution in [0.3, 0.4) is 0 Å². The molecule has 2 rings (SSSR count). The van der Waals surface area contributed by atoms with E-state index in [9.17, 15) is 13.2 Å². The fraction of sp³-hybridized carbons (Fsp3) is 0.571. The summed E-state index contributed by atoms with van der Waals surface area (Å²) in [7, 11) is -3.48. The van der Waals surface area contributed by atoms with Crippen molar-refractivity contribution in [3.05, 3.63) is 11.5 Å². The molecule has 0 radical (unpaired) electrons. The van der Waals surface area contributed by atoms with Gasteiger partial charge in [0.25, 0.3) is 0 Å². The van der Waals surface area contributed by atoms with Gasteiger partial charge in [-0.25, -0.2) is 8.42 Å². The lowest BCUT2D eigenvalue weighted by atomic mass is 10.2. The molecule has 114 valence electrons. The largest absolute Gasteiger partial charge is 0.481 e. The number of rotatable bonds is 6. The first-order chi connectivity index (χ1) is 9.88. The number of carboxylic acids is 1. The van der Waals surface area contributed by atoms with Crippen molar-refractivity contribution in [1.29, 1.82) is 0 Å². The molecule has 1 aromatic heterocycles. The number of hydrogen-bond donors (Lipinski definition) is 1. The van der Waals surface area contributed by atoms with Crippen LogP contribution in [0.4, 0.5) is 0 Å².